The predicted molar refractivity (Wildman–Crippen MR) is 165 cm³/mol. The Labute approximate surface area is 243 Å². The molecule has 3 aromatic rings. The van der Waals surface area contributed by atoms with Crippen LogP contribution in [0.5, 0.6) is 0 Å². The molecule has 0 saturated carbocycles. The van der Waals surface area contributed by atoms with E-state index in [0.717, 1.165) is 57.8 Å². The van der Waals surface area contributed by atoms with Crippen molar-refractivity contribution in [3.8, 4) is 0 Å². The molecule has 1 atom stereocenters. The van der Waals surface area contributed by atoms with Gasteiger partial charge in [0, 0.05) is 56.6 Å². The number of carbonyl (C=O) groups excluding carboxylic acids is 1. The Hall–Kier alpha value is -3.62. The molecule has 2 aliphatic heterocycles. The minimum atomic E-state index is -0.522. The van der Waals surface area contributed by atoms with Crippen molar-refractivity contribution in [2.75, 3.05) is 44.2 Å². The van der Waals surface area contributed by atoms with Gasteiger partial charge in [0.1, 0.15) is 11.6 Å². The third-order valence-electron chi connectivity index (χ3n) is 8.38. The molecule has 218 valence electrons. The van der Waals surface area contributed by atoms with Crippen LogP contribution in [-0.4, -0.2) is 83.8 Å². The van der Waals surface area contributed by atoms with E-state index in [1.165, 1.54) is 16.3 Å². The first-order valence-electron chi connectivity index (χ1n) is 14.7. The van der Waals surface area contributed by atoms with Gasteiger partial charge in [-0.25, -0.2) is 0 Å². The number of hydrogen-bond acceptors (Lipinski definition) is 7. The first kappa shape index (κ1) is 28.9. The van der Waals surface area contributed by atoms with Gasteiger partial charge < -0.3 is 20.6 Å². The Kier molecular flexibility index (Phi) is 8.80. The fourth-order valence-electron chi connectivity index (χ4n) is 6.22. The van der Waals surface area contributed by atoms with Crippen LogP contribution in [0, 0.1) is 0 Å². The van der Waals surface area contributed by atoms with E-state index in [9.17, 15) is 4.79 Å². The number of benzene rings is 3. The number of piperidine rings is 1. The van der Waals surface area contributed by atoms with Crippen LogP contribution in [0.2, 0.25) is 0 Å². The van der Waals surface area contributed by atoms with Gasteiger partial charge in [-0.15, -0.1) is 0 Å². The Morgan fingerprint density at radius 2 is 1.61 bits per heavy atom. The molecule has 0 spiro atoms. The van der Waals surface area contributed by atoms with Crippen LogP contribution in [0.4, 0.5) is 5.69 Å². The molecule has 2 aliphatic rings. The lowest BCUT2D eigenvalue weighted by atomic mass is 9.95. The molecule has 0 aromatic heterocycles. The molecule has 0 aliphatic carbocycles. The van der Waals surface area contributed by atoms with E-state index in [1.807, 2.05) is 45.0 Å². The minimum Gasteiger partial charge on any atom is -0.459 e. The van der Waals surface area contributed by atoms with Crippen molar-refractivity contribution in [1.29, 1.82) is 0 Å². The van der Waals surface area contributed by atoms with Crippen molar-refractivity contribution in [2.24, 2.45) is 10.9 Å². The van der Waals surface area contributed by atoms with E-state index >= 15 is 0 Å². The monoisotopic (exact) mass is 557 g/mol. The van der Waals surface area contributed by atoms with Crippen molar-refractivity contribution in [1.82, 2.24) is 9.80 Å². The number of anilines is 1. The number of likely N-dealkylation sites (tertiary alicyclic amines) is 1. The molecule has 1 unspecified atom stereocenters. The molecule has 2 saturated heterocycles. The number of carbonyl (C=O) groups is 1. The quantitative estimate of drug-likeness (QED) is 0.146. The average Bonchev–Trinajstić information content (AvgIpc) is 2.99. The highest BCUT2D eigenvalue weighted by Crippen LogP contribution is 2.27. The molecule has 41 heavy (non-hydrogen) atoms. The van der Waals surface area contributed by atoms with Gasteiger partial charge >= 0.3 is 5.97 Å². The molecule has 0 radical (unpaired) electrons. The number of fused-ring (bicyclic) bond motifs is 1. The molecular weight excluding hydrogens is 514 g/mol. The van der Waals surface area contributed by atoms with E-state index < -0.39 is 5.60 Å². The number of amidine groups is 1. The van der Waals surface area contributed by atoms with Gasteiger partial charge in [0.15, 0.2) is 5.84 Å². The maximum atomic E-state index is 13.5. The summed E-state index contributed by atoms with van der Waals surface area (Å²) in [6.07, 6.45) is 2.74. The summed E-state index contributed by atoms with van der Waals surface area (Å²) in [5, 5.41) is 14.4. The predicted octanol–water partition coefficient (Wildman–Crippen LogP) is 4.47. The number of esters is 1. The van der Waals surface area contributed by atoms with Crippen LogP contribution in [-0.2, 0) is 16.0 Å². The summed E-state index contributed by atoms with van der Waals surface area (Å²) in [4.78, 5) is 20.9. The Bertz CT molecular complexity index is 1350. The number of nitrogens with two attached hydrogens (primary N) is 1. The molecule has 5 rings (SSSR count). The summed E-state index contributed by atoms with van der Waals surface area (Å²) in [5.41, 5.74) is 8.25. The zero-order valence-electron chi connectivity index (χ0n) is 24.5. The normalized spacial score (nSPS) is 18.9. The second kappa shape index (κ2) is 12.5. The minimum absolute atomic E-state index is 0.124. The highest BCUT2D eigenvalue weighted by Gasteiger charge is 2.35. The fraction of sp³-hybridized carbons (Fsp3) is 0.455. The van der Waals surface area contributed by atoms with E-state index in [0.29, 0.717) is 18.0 Å². The van der Waals surface area contributed by atoms with Gasteiger partial charge in [-0.3, -0.25) is 14.6 Å². The lowest BCUT2D eigenvalue weighted by Gasteiger charge is -2.44. The number of oxime groups is 1. The largest absolute Gasteiger partial charge is 0.459 e. The third kappa shape index (κ3) is 7.00. The maximum absolute atomic E-state index is 13.5. The van der Waals surface area contributed by atoms with E-state index in [-0.39, 0.29) is 17.8 Å². The van der Waals surface area contributed by atoms with Crippen LogP contribution in [0.1, 0.15) is 44.7 Å². The smallest absolute Gasteiger partial charge is 0.324 e. The summed E-state index contributed by atoms with van der Waals surface area (Å²) in [7, 11) is 0. The summed E-state index contributed by atoms with van der Waals surface area (Å²) in [5.74, 6) is -0.00530. The Balaban J connectivity index is 1.21. The van der Waals surface area contributed by atoms with E-state index in [1.54, 1.807) is 0 Å². The van der Waals surface area contributed by atoms with Crippen LogP contribution in [0.25, 0.3) is 10.8 Å². The number of ether oxygens (including phenoxy) is 1. The van der Waals surface area contributed by atoms with Crippen LogP contribution in [0.15, 0.2) is 71.9 Å². The van der Waals surface area contributed by atoms with Crippen molar-refractivity contribution < 1.29 is 14.7 Å². The van der Waals surface area contributed by atoms with Crippen LogP contribution in [0.3, 0.4) is 0 Å². The number of rotatable bonds is 7. The molecule has 8 heteroatoms. The summed E-state index contributed by atoms with van der Waals surface area (Å²) in [6.45, 7) is 11.5. The van der Waals surface area contributed by atoms with E-state index in [4.69, 9.17) is 15.7 Å². The zero-order valence-corrected chi connectivity index (χ0v) is 24.5. The molecule has 2 fully saturated rings. The van der Waals surface area contributed by atoms with Gasteiger partial charge in [-0.05, 0) is 80.6 Å². The highest BCUT2D eigenvalue weighted by molar-refractivity contribution is 5.97. The molecule has 3 aromatic carbocycles. The van der Waals surface area contributed by atoms with Crippen LogP contribution >= 0.6 is 0 Å². The number of piperazine rings is 1. The fourth-order valence-corrected chi connectivity index (χ4v) is 6.22. The van der Waals surface area contributed by atoms with Gasteiger partial charge in [0.2, 0.25) is 0 Å². The standard InChI is InChI=1S/C33H43N5O3/c1-33(2,3)41-32(39)30(23-26-9-6-8-24-7-4-5-10-29(24)26)38-17-15-28(16-18-38)37-21-19-36(20-22-37)27-13-11-25(12-14-27)31(34)35-40/h4-14,28,30,40H,15-23H2,1-3H3,(H2,34,35). The Morgan fingerprint density at radius 1 is 0.951 bits per heavy atom. The van der Waals surface area contributed by atoms with E-state index in [2.05, 4.69) is 62.3 Å². The van der Waals surface area contributed by atoms with Crippen molar-refractivity contribution in [3.63, 3.8) is 0 Å². The first-order chi connectivity index (χ1) is 19.7. The molecule has 3 N–H and O–H groups in total. The average molecular weight is 558 g/mol. The summed E-state index contributed by atoms with van der Waals surface area (Å²) < 4.78 is 5.94. The topological polar surface area (TPSA) is 94.6 Å². The molecule has 0 bridgehead atoms. The van der Waals surface area contributed by atoms with Crippen molar-refractivity contribution in [3.05, 3.63) is 77.9 Å². The second-order valence-electron chi connectivity index (χ2n) is 12.2. The zero-order chi connectivity index (χ0) is 29.0. The molecule has 2 heterocycles. The lowest BCUT2D eigenvalue weighted by Crippen LogP contribution is -2.55. The number of hydrogen-bond donors (Lipinski definition) is 2. The summed E-state index contributed by atoms with van der Waals surface area (Å²) in [6, 6.07) is 22.8. The second-order valence-corrected chi connectivity index (χ2v) is 12.2. The Morgan fingerprint density at radius 3 is 2.27 bits per heavy atom. The van der Waals surface area contributed by atoms with Crippen LogP contribution < -0.4 is 10.6 Å². The molecule has 0 amide bonds. The van der Waals surface area contributed by atoms with Gasteiger partial charge in [0.05, 0.1) is 0 Å². The van der Waals surface area contributed by atoms with Crippen molar-refractivity contribution in [2.45, 2.75) is 57.7 Å². The molecular formula is C33H43N5O3. The lowest BCUT2D eigenvalue weighted by molar-refractivity contribution is -0.162. The SMILES string of the molecule is CC(C)(C)OC(=O)C(Cc1cccc2ccccc12)N1CCC(N2CCN(c3ccc(C(N)=NO)cc3)CC2)CC1. The first-order valence-corrected chi connectivity index (χ1v) is 14.7. The van der Waals surface area contributed by atoms with Crippen molar-refractivity contribution >= 4 is 28.3 Å². The maximum Gasteiger partial charge on any atom is 0.324 e. The molecule has 8 nitrogen and oxygen atoms in total. The number of nitrogens with zero attached hydrogens (tertiary/aromatic N) is 4. The summed E-state index contributed by atoms with van der Waals surface area (Å²) >= 11 is 0. The third-order valence-corrected chi connectivity index (χ3v) is 8.38. The van der Waals surface area contributed by atoms with Gasteiger partial charge in [-0.1, -0.05) is 47.6 Å². The van der Waals surface area contributed by atoms with Gasteiger partial charge in [-0.2, -0.15) is 0 Å². The van der Waals surface area contributed by atoms with Gasteiger partial charge in [0.25, 0.3) is 0 Å². The highest BCUT2D eigenvalue weighted by atomic mass is 16.6.